The normalized spacial score (nSPS) is 16.1. The summed E-state index contributed by atoms with van der Waals surface area (Å²) in [6.45, 7) is 23.4. The molecule has 1 N–H and O–H groups in total. The highest BCUT2D eigenvalue weighted by Crippen LogP contribution is 2.49. The largest absolute Gasteiger partial charge is 0.506 e. The number of unbranched alkanes of at least 4 members (excludes halogenated alkanes) is 16. The average Bonchev–Trinajstić information content (AvgIpc) is 4.05. The van der Waals surface area contributed by atoms with Crippen LogP contribution in [-0.4, -0.2) is 39.8 Å². The lowest BCUT2D eigenvalue weighted by molar-refractivity contribution is -0.125. The van der Waals surface area contributed by atoms with E-state index in [1.165, 1.54) is 112 Å². The number of aliphatic hydroxyl groups excluding tert-OH is 1. The summed E-state index contributed by atoms with van der Waals surface area (Å²) in [5.74, 6) is 0.378. The first-order valence-corrected chi connectivity index (χ1v) is 28.2. The molecule has 2 aromatic heterocycles. The van der Waals surface area contributed by atoms with E-state index in [0.717, 1.165) is 66.8 Å². The van der Waals surface area contributed by atoms with Gasteiger partial charge in [0.15, 0.2) is 0 Å². The van der Waals surface area contributed by atoms with Gasteiger partial charge in [-0.2, -0.15) is 0 Å². The van der Waals surface area contributed by atoms with Gasteiger partial charge in [-0.05, 0) is 78.7 Å². The molecule has 0 saturated carbocycles. The highest BCUT2D eigenvalue weighted by Gasteiger charge is 2.50. The fraction of sp³-hybridized carbons (Fsp3) is 0.690. The van der Waals surface area contributed by atoms with Gasteiger partial charge in [0.1, 0.15) is 5.76 Å². The lowest BCUT2D eigenvalue weighted by atomic mass is 9.93. The van der Waals surface area contributed by atoms with Crippen LogP contribution in [0.1, 0.15) is 233 Å². The highest BCUT2D eigenvalue weighted by atomic mass is 32.1. The number of aliphatic hydroxyl groups is 1. The summed E-state index contributed by atoms with van der Waals surface area (Å²) in [5, 5.41) is 12.2. The zero-order chi connectivity index (χ0) is 47.4. The van der Waals surface area contributed by atoms with E-state index in [-0.39, 0.29) is 28.4 Å². The van der Waals surface area contributed by atoms with E-state index in [9.17, 15) is 5.11 Å². The summed E-state index contributed by atoms with van der Waals surface area (Å²) < 4.78 is 0. The molecule has 2 atom stereocenters. The van der Waals surface area contributed by atoms with E-state index in [0.29, 0.717) is 41.8 Å². The second-order valence-corrected chi connectivity index (χ2v) is 23.8. The molecule has 0 aliphatic carbocycles. The third kappa shape index (κ3) is 17.0. The van der Waals surface area contributed by atoms with Gasteiger partial charge in [0.05, 0.1) is 27.4 Å². The molecule has 0 aromatic carbocycles. The molecule has 2 aromatic rings. The molecule has 364 valence electrons. The highest BCUT2D eigenvalue weighted by molar-refractivity contribution is 7.22. The number of thiophene rings is 2. The van der Waals surface area contributed by atoms with Crippen LogP contribution < -0.4 is 0 Å². The molecule has 2 unspecified atom stereocenters. The van der Waals surface area contributed by atoms with Crippen molar-refractivity contribution in [2.24, 2.45) is 17.3 Å². The monoisotopic (exact) mass is 929 g/mol. The van der Waals surface area contributed by atoms with Gasteiger partial charge in [-0.1, -0.05) is 210 Å². The molecule has 2 amide bonds. The van der Waals surface area contributed by atoms with Gasteiger partial charge in [-0.3, -0.25) is 9.59 Å². The van der Waals surface area contributed by atoms with Gasteiger partial charge in [0.25, 0.3) is 11.8 Å². The van der Waals surface area contributed by atoms with Crippen molar-refractivity contribution in [3.8, 4) is 9.75 Å². The molecule has 0 spiro atoms. The van der Waals surface area contributed by atoms with E-state index in [4.69, 9.17) is 0 Å². The zero-order valence-electron chi connectivity index (χ0n) is 43.1. The van der Waals surface area contributed by atoms with Crippen LogP contribution in [0.25, 0.3) is 15.5 Å². The molecular weight excluding hydrogens is 837 g/mol. The van der Waals surface area contributed by atoms with Gasteiger partial charge in [0, 0.05) is 27.7 Å². The molecule has 0 bridgehead atoms. The number of allylic oxidation sites excluding steroid dienone is 3. The Bertz CT molecular complexity index is 1880. The number of amides is 2. The number of carbonyl (C=O) groups excluding carboxylic acids is 2. The second kappa shape index (κ2) is 27.8. The van der Waals surface area contributed by atoms with E-state index in [1.54, 1.807) is 17.4 Å². The summed E-state index contributed by atoms with van der Waals surface area (Å²) in [6.07, 6.45) is 34.3. The third-order valence-electron chi connectivity index (χ3n) is 13.4. The van der Waals surface area contributed by atoms with Crippen molar-refractivity contribution in [3.05, 3.63) is 74.9 Å². The number of carbonyl (C=O) groups is 2. The van der Waals surface area contributed by atoms with Crippen molar-refractivity contribution in [3.63, 3.8) is 0 Å². The smallest absolute Gasteiger partial charge is 0.261 e. The van der Waals surface area contributed by atoms with Crippen LogP contribution in [0, 0.1) is 17.3 Å². The predicted molar refractivity (Wildman–Crippen MR) is 283 cm³/mol. The van der Waals surface area contributed by atoms with E-state index in [1.807, 2.05) is 27.2 Å². The summed E-state index contributed by atoms with van der Waals surface area (Å²) in [6, 6.07) is 8.82. The number of fused-ring (bicyclic) bond motifs is 1. The Labute approximate surface area is 406 Å². The Balaban J connectivity index is 1.85. The molecule has 2 aliphatic rings. The van der Waals surface area contributed by atoms with Crippen LogP contribution in [-0.2, 0) is 15.0 Å². The minimum absolute atomic E-state index is 0.00561. The van der Waals surface area contributed by atoms with Crippen molar-refractivity contribution < 1.29 is 14.7 Å². The number of hydrogen-bond acceptors (Lipinski definition) is 5. The minimum atomic E-state index is -0.126. The predicted octanol–water partition coefficient (Wildman–Crippen LogP) is 18.1. The van der Waals surface area contributed by atoms with Gasteiger partial charge in [-0.15, -0.1) is 22.7 Å². The summed E-state index contributed by atoms with van der Waals surface area (Å²) in [4.78, 5) is 39.5. The van der Waals surface area contributed by atoms with Crippen LogP contribution in [0.15, 0.2) is 65.1 Å². The van der Waals surface area contributed by atoms with E-state index in [2.05, 4.69) is 99.6 Å². The first-order chi connectivity index (χ1) is 31.1. The van der Waals surface area contributed by atoms with Crippen molar-refractivity contribution in [1.29, 1.82) is 0 Å². The number of hydrogen-bond donors (Lipinski definition) is 1. The van der Waals surface area contributed by atoms with Crippen molar-refractivity contribution in [1.82, 2.24) is 9.80 Å². The Morgan fingerprint density at radius 2 is 0.969 bits per heavy atom. The van der Waals surface area contributed by atoms with Gasteiger partial charge >= 0.3 is 0 Å². The first kappa shape index (κ1) is 54.7. The lowest BCUT2D eigenvalue weighted by Gasteiger charge is -2.29. The van der Waals surface area contributed by atoms with Crippen LogP contribution in [0.2, 0.25) is 0 Å². The fourth-order valence-corrected chi connectivity index (χ4v) is 11.8. The van der Waals surface area contributed by atoms with Gasteiger partial charge in [-0.25, -0.2) is 0 Å². The molecular formula is C58H92N2O3S2. The molecule has 2 aliphatic heterocycles. The minimum Gasteiger partial charge on any atom is -0.506 e. The van der Waals surface area contributed by atoms with Crippen LogP contribution in [0.5, 0.6) is 0 Å². The Hall–Kier alpha value is -2.90. The summed E-state index contributed by atoms with van der Waals surface area (Å²) >= 11 is 3.53. The maximum atomic E-state index is 15.5. The Morgan fingerprint density at radius 1 is 0.554 bits per heavy atom. The zero-order valence-corrected chi connectivity index (χ0v) is 44.7. The molecule has 4 heterocycles. The molecule has 7 heteroatoms. The van der Waals surface area contributed by atoms with E-state index >= 15 is 9.59 Å². The summed E-state index contributed by atoms with van der Waals surface area (Å²) in [7, 11) is 0. The second-order valence-electron chi connectivity index (χ2n) is 21.7. The maximum absolute atomic E-state index is 15.5. The SMILES string of the molecule is CCCCCCCCC(CCCCCC)CN1C(=O)C2=C(c3ccc(-c4ccc(C(C)(C)C)s4)s3)N(CC(CCCCCC)CCCCCCCC)C(=O)C2=C1/C(O)=C/C=C/C(C)(C)C. The first-order valence-electron chi connectivity index (χ1n) is 26.6. The van der Waals surface area contributed by atoms with Crippen LogP contribution >= 0.6 is 22.7 Å². The maximum Gasteiger partial charge on any atom is 0.261 e. The standard InChI is InChI=1S/C58H92N2O3S2/c1-11-15-19-23-25-29-34-44(32-27-21-17-13-3)42-59-53(46(61)36-31-41-57(5,6)7)51-52(56(59)63)54(49-38-37-47(64-49)48-39-40-50(65-48)58(8,9)10)60(55(51)62)43-45(33-28-22-18-14-4)35-30-26-24-20-16-12-2/h31,36-41,44-45,61H,11-30,32-35,42-43H2,1-10H3/b41-31+,46-36-. The van der Waals surface area contributed by atoms with Gasteiger partial charge < -0.3 is 14.9 Å². The fourth-order valence-electron chi connectivity index (χ4n) is 9.56. The topological polar surface area (TPSA) is 60.9 Å². The van der Waals surface area contributed by atoms with Crippen LogP contribution in [0.4, 0.5) is 0 Å². The van der Waals surface area contributed by atoms with Crippen molar-refractivity contribution >= 4 is 40.2 Å². The molecule has 4 rings (SSSR count). The summed E-state index contributed by atoms with van der Waals surface area (Å²) in [5.41, 5.74) is 2.03. The average molecular weight is 930 g/mol. The molecule has 0 fully saturated rings. The Kier molecular flexibility index (Phi) is 23.4. The molecule has 0 saturated heterocycles. The molecule has 65 heavy (non-hydrogen) atoms. The number of rotatable bonds is 32. The third-order valence-corrected chi connectivity index (χ3v) is 16.2. The van der Waals surface area contributed by atoms with Gasteiger partial charge in [0.2, 0.25) is 0 Å². The van der Waals surface area contributed by atoms with E-state index < -0.39 is 0 Å². The molecule has 0 radical (unpaired) electrons. The van der Waals surface area contributed by atoms with Crippen LogP contribution in [0.3, 0.4) is 0 Å². The Morgan fingerprint density at radius 3 is 1.45 bits per heavy atom. The molecule has 5 nitrogen and oxygen atoms in total. The number of nitrogens with zero attached hydrogens (tertiary/aromatic N) is 2. The van der Waals surface area contributed by atoms with Crippen molar-refractivity contribution in [2.75, 3.05) is 13.1 Å². The lowest BCUT2D eigenvalue weighted by Crippen LogP contribution is -2.35. The quantitative estimate of drug-likeness (QED) is 0.0452. The van der Waals surface area contributed by atoms with Crippen molar-refractivity contribution in [2.45, 2.75) is 229 Å².